The van der Waals surface area contributed by atoms with Gasteiger partial charge in [-0.15, -0.1) is 0 Å². The van der Waals surface area contributed by atoms with Crippen molar-refractivity contribution in [3.63, 3.8) is 0 Å². The molecule has 2 aromatic heterocycles. The number of pyridine rings is 1. The minimum atomic E-state index is 0.0763. The standard InChI is InChI=1S/C26H30N2O3/c1-16-13-23-22(24-17(2)11-20(31-6)12-18(24)3)7-9-27-25(23)26-21(16)8-10-28(26)19(14-29-4)15-30-5/h7-13,19H,14-15H2,1-6H3. The predicted octanol–water partition coefficient (Wildman–Crippen LogP) is 5.62. The van der Waals surface area contributed by atoms with Crippen LogP contribution in [-0.2, 0) is 9.47 Å². The van der Waals surface area contributed by atoms with Gasteiger partial charge in [-0.2, -0.15) is 0 Å². The summed E-state index contributed by atoms with van der Waals surface area (Å²) in [4.78, 5) is 4.84. The molecule has 0 amide bonds. The van der Waals surface area contributed by atoms with Gasteiger partial charge in [-0.05, 0) is 78.9 Å². The van der Waals surface area contributed by atoms with Crippen molar-refractivity contribution in [2.24, 2.45) is 0 Å². The van der Waals surface area contributed by atoms with Crippen LogP contribution in [0.4, 0.5) is 0 Å². The minimum absolute atomic E-state index is 0.0763. The Morgan fingerprint density at radius 3 is 2.16 bits per heavy atom. The minimum Gasteiger partial charge on any atom is -0.497 e. The molecule has 0 fully saturated rings. The fourth-order valence-electron chi connectivity index (χ4n) is 4.70. The smallest absolute Gasteiger partial charge is 0.119 e. The van der Waals surface area contributed by atoms with Crippen LogP contribution in [0.5, 0.6) is 5.75 Å². The highest BCUT2D eigenvalue weighted by atomic mass is 16.5. The summed E-state index contributed by atoms with van der Waals surface area (Å²) in [6.07, 6.45) is 4.03. The van der Waals surface area contributed by atoms with E-state index in [1.807, 2.05) is 6.20 Å². The lowest BCUT2D eigenvalue weighted by Crippen LogP contribution is -2.19. The summed E-state index contributed by atoms with van der Waals surface area (Å²) in [5.41, 5.74) is 8.15. The molecule has 31 heavy (non-hydrogen) atoms. The van der Waals surface area contributed by atoms with E-state index >= 15 is 0 Å². The number of nitrogens with zero attached hydrogens (tertiary/aromatic N) is 2. The molecule has 0 N–H and O–H groups in total. The molecular weight excluding hydrogens is 388 g/mol. The molecule has 4 aromatic rings. The number of fused-ring (bicyclic) bond motifs is 3. The van der Waals surface area contributed by atoms with E-state index in [1.54, 1.807) is 21.3 Å². The number of hydrogen-bond donors (Lipinski definition) is 0. The van der Waals surface area contributed by atoms with Crippen molar-refractivity contribution in [1.29, 1.82) is 0 Å². The van der Waals surface area contributed by atoms with Gasteiger partial charge in [-0.3, -0.25) is 4.98 Å². The second kappa shape index (κ2) is 8.69. The molecule has 0 bridgehead atoms. The predicted molar refractivity (Wildman–Crippen MR) is 126 cm³/mol. The van der Waals surface area contributed by atoms with Gasteiger partial charge >= 0.3 is 0 Å². The van der Waals surface area contributed by atoms with Crippen molar-refractivity contribution in [3.05, 3.63) is 59.4 Å². The van der Waals surface area contributed by atoms with E-state index in [2.05, 4.69) is 61.9 Å². The van der Waals surface area contributed by atoms with Gasteiger partial charge < -0.3 is 18.8 Å². The fraction of sp³-hybridized carbons (Fsp3) is 0.346. The second-order valence-electron chi connectivity index (χ2n) is 8.13. The van der Waals surface area contributed by atoms with E-state index < -0.39 is 0 Å². The van der Waals surface area contributed by atoms with E-state index in [0.717, 1.165) is 22.2 Å². The average Bonchev–Trinajstić information content (AvgIpc) is 3.19. The zero-order chi connectivity index (χ0) is 22.1. The normalized spacial score (nSPS) is 11.7. The SMILES string of the molecule is COCC(COC)n1ccc2c(C)cc3c(-c4c(C)cc(OC)cc4C)ccnc3c21. The van der Waals surface area contributed by atoms with Crippen LogP contribution < -0.4 is 4.74 Å². The molecule has 0 saturated heterocycles. The quantitative estimate of drug-likeness (QED) is 0.390. The van der Waals surface area contributed by atoms with Crippen molar-refractivity contribution in [3.8, 4) is 16.9 Å². The van der Waals surface area contributed by atoms with Gasteiger partial charge in [0, 0.05) is 37.4 Å². The highest BCUT2D eigenvalue weighted by Crippen LogP contribution is 2.38. The lowest BCUT2D eigenvalue weighted by molar-refractivity contribution is 0.0914. The van der Waals surface area contributed by atoms with Crippen molar-refractivity contribution in [2.75, 3.05) is 34.5 Å². The van der Waals surface area contributed by atoms with Gasteiger partial charge in [-0.25, -0.2) is 0 Å². The Morgan fingerprint density at radius 2 is 1.55 bits per heavy atom. The molecule has 0 atom stereocenters. The zero-order valence-electron chi connectivity index (χ0n) is 19.2. The molecule has 0 aliphatic heterocycles. The third-order valence-corrected chi connectivity index (χ3v) is 6.04. The summed E-state index contributed by atoms with van der Waals surface area (Å²) in [6.45, 7) is 7.59. The third kappa shape index (κ3) is 3.68. The van der Waals surface area contributed by atoms with E-state index in [9.17, 15) is 0 Å². The average molecular weight is 419 g/mol. The Kier molecular flexibility index (Phi) is 5.99. The van der Waals surface area contributed by atoms with Crippen molar-refractivity contribution >= 4 is 21.8 Å². The number of aromatic nitrogens is 2. The van der Waals surface area contributed by atoms with Crippen molar-refractivity contribution in [1.82, 2.24) is 9.55 Å². The molecule has 0 radical (unpaired) electrons. The number of hydrogen-bond acceptors (Lipinski definition) is 4. The first-order valence-corrected chi connectivity index (χ1v) is 10.5. The van der Waals surface area contributed by atoms with Crippen LogP contribution in [0.15, 0.2) is 42.7 Å². The molecule has 4 rings (SSSR count). The van der Waals surface area contributed by atoms with Crippen LogP contribution in [-0.4, -0.2) is 44.1 Å². The number of methoxy groups -OCH3 is 3. The molecule has 0 saturated carbocycles. The van der Waals surface area contributed by atoms with Gasteiger partial charge in [0.2, 0.25) is 0 Å². The van der Waals surface area contributed by atoms with Gasteiger partial charge in [0.1, 0.15) is 5.75 Å². The molecule has 2 heterocycles. The Morgan fingerprint density at radius 1 is 0.871 bits per heavy atom. The van der Waals surface area contributed by atoms with Crippen molar-refractivity contribution in [2.45, 2.75) is 26.8 Å². The highest BCUT2D eigenvalue weighted by molar-refractivity contribution is 6.10. The molecular formula is C26H30N2O3. The zero-order valence-corrected chi connectivity index (χ0v) is 19.2. The van der Waals surface area contributed by atoms with E-state index in [1.165, 1.54) is 33.2 Å². The lowest BCUT2D eigenvalue weighted by atomic mass is 9.92. The maximum atomic E-state index is 5.48. The van der Waals surface area contributed by atoms with Crippen LogP contribution >= 0.6 is 0 Å². The van der Waals surface area contributed by atoms with Crippen LogP contribution in [0.2, 0.25) is 0 Å². The summed E-state index contributed by atoms with van der Waals surface area (Å²) in [5, 5.41) is 2.36. The summed E-state index contributed by atoms with van der Waals surface area (Å²) in [6, 6.07) is 10.8. The van der Waals surface area contributed by atoms with Crippen molar-refractivity contribution < 1.29 is 14.2 Å². The monoisotopic (exact) mass is 418 g/mol. The molecule has 0 spiro atoms. The highest BCUT2D eigenvalue weighted by Gasteiger charge is 2.19. The van der Waals surface area contributed by atoms with Gasteiger partial charge in [-0.1, -0.05) is 0 Å². The maximum absolute atomic E-state index is 5.48. The van der Waals surface area contributed by atoms with Crippen LogP contribution in [0.3, 0.4) is 0 Å². The number of benzene rings is 2. The Balaban J connectivity index is 2.03. The summed E-state index contributed by atoms with van der Waals surface area (Å²) in [7, 11) is 5.16. The molecule has 5 heteroatoms. The largest absolute Gasteiger partial charge is 0.497 e. The number of ether oxygens (including phenoxy) is 3. The molecule has 0 unspecified atom stereocenters. The van der Waals surface area contributed by atoms with Gasteiger partial charge in [0.25, 0.3) is 0 Å². The molecule has 0 aliphatic carbocycles. The van der Waals surface area contributed by atoms with Gasteiger partial charge in [0.15, 0.2) is 0 Å². The summed E-state index contributed by atoms with van der Waals surface area (Å²) in [5.74, 6) is 0.881. The van der Waals surface area contributed by atoms with Crippen LogP contribution in [0.25, 0.3) is 32.9 Å². The Bertz CT molecular complexity index is 1210. The van der Waals surface area contributed by atoms with Gasteiger partial charge in [0.05, 0.1) is 37.4 Å². The fourth-order valence-corrected chi connectivity index (χ4v) is 4.70. The molecule has 2 aromatic carbocycles. The first-order valence-electron chi connectivity index (χ1n) is 10.5. The van der Waals surface area contributed by atoms with E-state index in [0.29, 0.717) is 13.2 Å². The lowest BCUT2D eigenvalue weighted by Gasteiger charge is -2.20. The third-order valence-electron chi connectivity index (χ3n) is 6.04. The topological polar surface area (TPSA) is 45.5 Å². The first-order chi connectivity index (χ1) is 15.0. The Labute approximate surface area is 183 Å². The van der Waals surface area contributed by atoms with E-state index in [4.69, 9.17) is 19.2 Å². The first kappa shape index (κ1) is 21.3. The Hall–Kier alpha value is -2.89. The van der Waals surface area contributed by atoms with Crippen LogP contribution in [0.1, 0.15) is 22.7 Å². The van der Waals surface area contributed by atoms with Crippen LogP contribution in [0, 0.1) is 20.8 Å². The maximum Gasteiger partial charge on any atom is 0.119 e. The second-order valence-corrected chi connectivity index (χ2v) is 8.13. The summed E-state index contributed by atoms with van der Waals surface area (Å²) < 4.78 is 18.7. The van der Waals surface area contributed by atoms with E-state index in [-0.39, 0.29) is 6.04 Å². The number of rotatable bonds is 7. The number of aryl methyl sites for hydroxylation is 3. The molecule has 5 nitrogen and oxygen atoms in total. The molecule has 162 valence electrons. The summed E-state index contributed by atoms with van der Waals surface area (Å²) >= 11 is 0. The molecule has 0 aliphatic rings.